The van der Waals surface area contributed by atoms with Crippen molar-refractivity contribution >= 4 is 11.3 Å². The van der Waals surface area contributed by atoms with Crippen molar-refractivity contribution in [1.82, 2.24) is 9.88 Å². The summed E-state index contributed by atoms with van der Waals surface area (Å²) in [5.41, 5.74) is 9.28. The standard InChI is InChI=1S/C13H21N3S/c14-7-11-3-1-2-6-16(11)8-12-13(10-4-5-10)15-9-17-12/h9-11H,1-8,14H2. The van der Waals surface area contributed by atoms with E-state index in [2.05, 4.69) is 9.88 Å². The lowest BCUT2D eigenvalue weighted by atomic mass is 10.0. The van der Waals surface area contributed by atoms with E-state index in [0.29, 0.717) is 6.04 Å². The van der Waals surface area contributed by atoms with Gasteiger partial charge in [-0.25, -0.2) is 4.98 Å². The number of likely N-dealkylation sites (tertiary alicyclic amines) is 1. The van der Waals surface area contributed by atoms with Gasteiger partial charge < -0.3 is 5.73 Å². The predicted molar refractivity (Wildman–Crippen MR) is 71.2 cm³/mol. The van der Waals surface area contributed by atoms with E-state index in [1.54, 1.807) is 0 Å². The number of piperidine rings is 1. The normalized spacial score (nSPS) is 26.3. The number of hydrogen-bond acceptors (Lipinski definition) is 4. The molecule has 1 saturated heterocycles. The third-order valence-electron chi connectivity index (χ3n) is 4.00. The Morgan fingerprint density at radius 2 is 2.24 bits per heavy atom. The maximum Gasteiger partial charge on any atom is 0.0798 e. The van der Waals surface area contributed by atoms with Crippen LogP contribution in [-0.2, 0) is 6.54 Å². The monoisotopic (exact) mass is 251 g/mol. The van der Waals surface area contributed by atoms with Gasteiger partial charge in [-0.1, -0.05) is 6.42 Å². The SMILES string of the molecule is NCC1CCCCN1Cc1scnc1C1CC1. The largest absolute Gasteiger partial charge is 0.329 e. The van der Waals surface area contributed by atoms with Crippen LogP contribution < -0.4 is 5.73 Å². The summed E-state index contributed by atoms with van der Waals surface area (Å²) in [6, 6.07) is 0.595. The van der Waals surface area contributed by atoms with Gasteiger partial charge in [0.2, 0.25) is 0 Å². The molecule has 1 atom stereocenters. The maximum absolute atomic E-state index is 5.88. The Bertz CT molecular complexity index is 372. The number of nitrogens with two attached hydrogens (primary N) is 1. The minimum atomic E-state index is 0.595. The summed E-state index contributed by atoms with van der Waals surface area (Å²) < 4.78 is 0. The van der Waals surface area contributed by atoms with E-state index in [0.717, 1.165) is 19.0 Å². The van der Waals surface area contributed by atoms with Crippen LogP contribution >= 0.6 is 11.3 Å². The second-order valence-corrected chi connectivity index (χ2v) is 6.23. The molecule has 94 valence electrons. The smallest absolute Gasteiger partial charge is 0.0798 e. The Morgan fingerprint density at radius 3 is 3.00 bits per heavy atom. The van der Waals surface area contributed by atoms with Crippen molar-refractivity contribution in [1.29, 1.82) is 0 Å². The van der Waals surface area contributed by atoms with Gasteiger partial charge in [-0.2, -0.15) is 0 Å². The highest BCUT2D eigenvalue weighted by Crippen LogP contribution is 2.42. The molecular formula is C13H21N3S. The number of thiazole rings is 1. The predicted octanol–water partition coefficient (Wildman–Crippen LogP) is 2.33. The lowest BCUT2D eigenvalue weighted by Crippen LogP contribution is -2.43. The fourth-order valence-corrected chi connectivity index (χ4v) is 3.68. The molecule has 3 rings (SSSR count). The molecule has 0 radical (unpaired) electrons. The number of rotatable bonds is 4. The molecule has 1 aromatic rings. The molecule has 0 amide bonds. The van der Waals surface area contributed by atoms with Gasteiger partial charge in [0.1, 0.15) is 0 Å². The van der Waals surface area contributed by atoms with E-state index in [1.807, 2.05) is 16.8 Å². The quantitative estimate of drug-likeness (QED) is 0.893. The van der Waals surface area contributed by atoms with Crippen molar-refractivity contribution in [3.8, 4) is 0 Å². The Kier molecular flexibility index (Phi) is 3.45. The van der Waals surface area contributed by atoms with Crippen LogP contribution in [0.5, 0.6) is 0 Å². The minimum absolute atomic E-state index is 0.595. The molecule has 2 N–H and O–H groups in total. The van der Waals surface area contributed by atoms with Gasteiger partial charge in [0.25, 0.3) is 0 Å². The van der Waals surface area contributed by atoms with Crippen LogP contribution in [0, 0.1) is 0 Å². The van der Waals surface area contributed by atoms with E-state index >= 15 is 0 Å². The van der Waals surface area contributed by atoms with Gasteiger partial charge in [-0.05, 0) is 32.2 Å². The number of aromatic nitrogens is 1. The lowest BCUT2D eigenvalue weighted by Gasteiger charge is -2.34. The first kappa shape index (κ1) is 11.6. The zero-order chi connectivity index (χ0) is 11.7. The summed E-state index contributed by atoms with van der Waals surface area (Å²) in [4.78, 5) is 8.62. The first-order valence-electron chi connectivity index (χ1n) is 6.75. The van der Waals surface area contributed by atoms with Crippen molar-refractivity contribution in [3.05, 3.63) is 16.1 Å². The molecule has 1 aliphatic carbocycles. The number of hydrogen-bond donors (Lipinski definition) is 1. The second kappa shape index (κ2) is 5.04. The van der Waals surface area contributed by atoms with Crippen LogP contribution in [0.15, 0.2) is 5.51 Å². The van der Waals surface area contributed by atoms with Crippen molar-refractivity contribution in [2.75, 3.05) is 13.1 Å². The summed E-state index contributed by atoms with van der Waals surface area (Å²) in [5, 5.41) is 0. The lowest BCUT2D eigenvalue weighted by molar-refractivity contribution is 0.146. The Balaban J connectivity index is 1.69. The molecule has 0 spiro atoms. The molecule has 2 aliphatic rings. The van der Waals surface area contributed by atoms with Crippen molar-refractivity contribution < 1.29 is 0 Å². The van der Waals surface area contributed by atoms with Crippen molar-refractivity contribution in [2.45, 2.75) is 50.6 Å². The first-order chi connectivity index (χ1) is 8.38. The molecule has 2 fully saturated rings. The van der Waals surface area contributed by atoms with E-state index in [-0.39, 0.29) is 0 Å². The third-order valence-corrected chi connectivity index (χ3v) is 4.84. The Hall–Kier alpha value is -0.450. The van der Waals surface area contributed by atoms with Crippen LogP contribution in [0.4, 0.5) is 0 Å². The average molecular weight is 251 g/mol. The van der Waals surface area contributed by atoms with Gasteiger partial charge in [-0.3, -0.25) is 4.90 Å². The van der Waals surface area contributed by atoms with Crippen LogP contribution in [0.2, 0.25) is 0 Å². The highest BCUT2D eigenvalue weighted by Gasteiger charge is 2.30. The minimum Gasteiger partial charge on any atom is -0.329 e. The van der Waals surface area contributed by atoms with E-state index in [1.165, 1.54) is 49.2 Å². The summed E-state index contributed by atoms with van der Waals surface area (Å²) in [6.45, 7) is 3.10. The summed E-state index contributed by atoms with van der Waals surface area (Å²) in [5.74, 6) is 0.775. The molecule has 4 heteroatoms. The molecule has 1 aromatic heterocycles. The maximum atomic E-state index is 5.88. The Morgan fingerprint density at radius 1 is 1.35 bits per heavy atom. The van der Waals surface area contributed by atoms with Crippen LogP contribution in [-0.4, -0.2) is 29.0 Å². The third kappa shape index (κ3) is 2.54. The van der Waals surface area contributed by atoms with Gasteiger partial charge in [0.05, 0.1) is 11.2 Å². The second-order valence-electron chi connectivity index (χ2n) is 5.29. The molecule has 3 nitrogen and oxygen atoms in total. The van der Waals surface area contributed by atoms with Gasteiger partial charge in [-0.15, -0.1) is 11.3 Å². The van der Waals surface area contributed by atoms with Crippen molar-refractivity contribution in [2.24, 2.45) is 5.73 Å². The zero-order valence-electron chi connectivity index (χ0n) is 10.3. The first-order valence-corrected chi connectivity index (χ1v) is 7.63. The fraction of sp³-hybridized carbons (Fsp3) is 0.769. The average Bonchev–Trinajstić information content (AvgIpc) is 3.11. The van der Waals surface area contributed by atoms with Gasteiger partial charge >= 0.3 is 0 Å². The van der Waals surface area contributed by atoms with E-state index < -0.39 is 0 Å². The molecule has 17 heavy (non-hydrogen) atoms. The summed E-state index contributed by atoms with van der Waals surface area (Å²) in [6.07, 6.45) is 6.63. The fourth-order valence-electron chi connectivity index (χ4n) is 2.81. The highest BCUT2D eigenvalue weighted by atomic mass is 32.1. The molecule has 1 aliphatic heterocycles. The Labute approximate surface area is 107 Å². The van der Waals surface area contributed by atoms with E-state index in [9.17, 15) is 0 Å². The van der Waals surface area contributed by atoms with Gasteiger partial charge in [0, 0.05) is 29.9 Å². The molecule has 0 bridgehead atoms. The summed E-state index contributed by atoms with van der Waals surface area (Å²) in [7, 11) is 0. The summed E-state index contributed by atoms with van der Waals surface area (Å²) >= 11 is 1.83. The number of nitrogens with zero attached hydrogens (tertiary/aromatic N) is 2. The molecule has 1 unspecified atom stereocenters. The van der Waals surface area contributed by atoms with Crippen LogP contribution in [0.1, 0.15) is 48.6 Å². The highest BCUT2D eigenvalue weighted by molar-refractivity contribution is 7.09. The molecule has 0 aromatic carbocycles. The van der Waals surface area contributed by atoms with Crippen LogP contribution in [0.25, 0.3) is 0 Å². The van der Waals surface area contributed by atoms with Crippen LogP contribution in [0.3, 0.4) is 0 Å². The van der Waals surface area contributed by atoms with Gasteiger partial charge in [0.15, 0.2) is 0 Å². The molecule has 2 heterocycles. The zero-order valence-corrected chi connectivity index (χ0v) is 11.1. The van der Waals surface area contributed by atoms with Crippen molar-refractivity contribution in [3.63, 3.8) is 0 Å². The topological polar surface area (TPSA) is 42.1 Å². The molecular weight excluding hydrogens is 230 g/mol. The molecule has 1 saturated carbocycles. The van der Waals surface area contributed by atoms with E-state index in [4.69, 9.17) is 5.73 Å².